The van der Waals surface area contributed by atoms with Gasteiger partial charge in [0.1, 0.15) is 17.6 Å². The lowest BCUT2D eigenvalue weighted by atomic mass is 9.93. The van der Waals surface area contributed by atoms with Crippen LogP contribution in [-0.4, -0.2) is 55.3 Å². The quantitative estimate of drug-likeness (QED) is 0.590. The molecule has 184 valence electrons. The second kappa shape index (κ2) is 10.3. The van der Waals surface area contributed by atoms with E-state index in [2.05, 4.69) is 16.3 Å². The monoisotopic (exact) mass is 483 g/mol. The highest BCUT2D eigenvalue weighted by molar-refractivity contribution is 5.89. The van der Waals surface area contributed by atoms with Crippen molar-refractivity contribution < 1.29 is 14.3 Å². The largest absolute Gasteiger partial charge is 0.497 e. The molecule has 2 aliphatic rings. The Kier molecular flexibility index (Phi) is 6.74. The van der Waals surface area contributed by atoms with Crippen molar-refractivity contribution in [1.82, 2.24) is 9.88 Å². The van der Waals surface area contributed by atoms with Crippen molar-refractivity contribution >= 4 is 17.5 Å². The number of urea groups is 1. The fraction of sp³-hybridized carbons (Fsp3) is 0.321. The fourth-order valence-corrected chi connectivity index (χ4v) is 4.94. The molecule has 1 saturated heterocycles. The molecule has 0 unspecified atom stereocenters. The van der Waals surface area contributed by atoms with E-state index in [1.807, 2.05) is 66.4 Å². The lowest BCUT2D eigenvalue weighted by Gasteiger charge is -2.41. The summed E-state index contributed by atoms with van der Waals surface area (Å²) in [6, 6.07) is 19.5. The number of pyridine rings is 1. The normalized spacial score (nSPS) is 17.2. The van der Waals surface area contributed by atoms with Gasteiger partial charge in [-0.3, -0.25) is 0 Å². The van der Waals surface area contributed by atoms with Crippen LogP contribution in [0.15, 0.2) is 54.6 Å². The summed E-state index contributed by atoms with van der Waals surface area (Å²) in [7, 11) is 1.61. The standard InChI is InChI=1S/C28H29N5O3/c1-19-17-32(13-14-33(19)28(34)30-21-8-10-22(35-2)11-9-21)27-24(16-29)23-12-15-36-18-25(23)26(31-27)20-6-4-3-5-7-20/h3-11,19H,12-15,17-18H2,1-2H3,(H,30,34)/t19-/m1/s1. The van der Waals surface area contributed by atoms with Gasteiger partial charge in [-0.05, 0) is 43.2 Å². The van der Waals surface area contributed by atoms with Gasteiger partial charge in [0, 0.05) is 42.5 Å². The minimum atomic E-state index is -0.145. The molecule has 1 aromatic heterocycles. The number of amides is 2. The maximum absolute atomic E-state index is 13.0. The van der Waals surface area contributed by atoms with Crippen LogP contribution >= 0.6 is 0 Å². The summed E-state index contributed by atoms with van der Waals surface area (Å²) in [5.41, 5.74) is 5.24. The van der Waals surface area contributed by atoms with Gasteiger partial charge < -0.3 is 24.6 Å². The summed E-state index contributed by atoms with van der Waals surface area (Å²) in [6.45, 7) is 4.77. The van der Waals surface area contributed by atoms with Crippen molar-refractivity contribution in [2.75, 3.05) is 43.6 Å². The van der Waals surface area contributed by atoms with Crippen LogP contribution in [0, 0.1) is 11.3 Å². The molecule has 2 aliphatic heterocycles. The number of anilines is 2. The number of hydrogen-bond donors (Lipinski definition) is 1. The predicted octanol–water partition coefficient (Wildman–Crippen LogP) is 4.44. The highest BCUT2D eigenvalue weighted by atomic mass is 16.5. The van der Waals surface area contributed by atoms with Crippen LogP contribution in [0.5, 0.6) is 5.75 Å². The molecule has 36 heavy (non-hydrogen) atoms. The molecule has 8 nitrogen and oxygen atoms in total. The number of carbonyl (C=O) groups excluding carboxylic acids is 1. The summed E-state index contributed by atoms with van der Waals surface area (Å²) < 4.78 is 10.9. The van der Waals surface area contributed by atoms with E-state index in [0.29, 0.717) is 56.3 Å². The van der Waals surface area contributed by atoms with E-state index >= 15 is 0 Å². The number of carbonyl (C=O) groups is 1. The van der Waals surface area contributed by atoms with Crippen LogP contribution in [0.2, 0.25) is 0 Å². The first-order valence-electron chi connectivity index (χ1n) is 12.1. The molecule has 1 fully saturated rings. The molecule has 0 saturated carbocycles. The molecule has 1 atom stereocenters. The lowest BCUT2D eigenvalue weighted by Crippen LogP contribution is -2.55. The van der Waals surface area contributed by atoms with E-state index in [4.69, 9.17) is 14.5 Å². The molecule has 0 spiro atoms. The maximum Gasteiger partial charge on any atom is 0.322 e. The van der Waals surface area contributed by atoms with Crippen LogP contribution in [0.1, 0.15) is 23.6 Å². The zero-order valence-electron chi connectivity index (χ0n) is 20.5. The lowest BCUT2D eigenvalue weighted by molar-refractivity contribution is 0.111. The molecule has 0 aliphatic carbocycles. The van der Waals surface area contributed by atoms with Crippen molar-refractivity contribution in [3.8, 4) is 23.1 Å². The molecule has 3 heterocycles. The second-order valence-electron chi connectivity index (χ2n) is 9.04. The Labute approximate surface area is 211 Å². The number of rotatable bonds is 4. The number of nitriles is 1. The number of benzene rings is 2. The number of ether oxygens (including phenoxy) is 2. The molecule has 2 amide bonds. The van der Waals surface area contributed by atoms with Gasteiger partial charge in [-0.25, -0.2) is 9.78 Å². The summed E-state index contributed by atoms with van der Waals surface area (Å²) >= 11 is 0. The number of aromatic nitrogens is 1. The van der Waals surface area contributed by atoms with Gasteiger partial charge in [0.25, 0.3) is 0 Å². The number of piperazine rings is 1. The summed E-state index contributed by atoms with van der Waals surface area (Å²) in [4.78, 5) is 22.0. The second-order valence-corrected chi connectivity index (χ2v) is 9.04. The van der Waals surface area contributed by atoms with Crippen molar-refractivity contribution in [2.24, 2.45) is 0 Å². The molecule has 1 N–H and O–H groups in total. The van der Waals surface area contributed by atoms with Crippen LogP contribution in [0.4, 0.5) is 16.3 Å². The average Bonchev–Trinajstić information content (AvgIpc) is 2.92. The topological polar surface area (TPSA) is 90.7 Å². The number of hydrogen-bond acceptors (Lipinski definition) is 6. The number of nitrogens with one attached hydrogen (secondary N) is 1. The Balaban J connectivity index is 1.40. The van der Waals surface area contributed by atoms with Crippen LogP contribution in [0.3, 0.4) is 0 Å². The zero-order valence-corrected chi connectivity index (χ0v) is 20.5. The number of fused-ring (bicyclic) bond motifs is 1. The Morgan fingerprint density at radius 1 is 1.14 bits per heavy atom. The summed E-state index contributed by atoms with van der Waals surface area (Å²) in [5, 5.41) is 13.1. The third-order valence-corrected chi connectivity index (χ3v) is 6.82. The van der Waals surface area contributed by atoms with Gasteiger partial charge in [-0.1, -0.05) is 30.3 Å². The van der Waals surface area contributed by atoms with Crippen LogP contribution in [-0.2, 0) is 17.8 Å². The minimum Gasteiger partial charge on any atom is -0.497 e. The Morgan fingerprint density at radius 3 is 2.61 bits per heavy atom. The van der Waals surface area contributed by atoms with E-state index in [9.17, 15) is 10.1 Å². The first-order chi connectivity index (χ1) is 17.6. The summed E-state index contributed by atoms with van der Waals surface area (Å²) in [6.07, 6.45) is 0.688. The third-order valence-electron chi connectivity index (χ3n) is 6.82. The first kappa shape index (κ1) is 23.6. The van der Waals surface area contributed by atoms with Crippen molar-refractivity contribution in [2.45, 2.75) is 26.0 Å². The van der Waals surface area contributed by atoms with Gasteiger partial charge in [-0.2, -0.15) is 5.26 Å². The fourth-order valence-electron chi connectivity index (χ4n) is 4.94. The number of methoxy groups -OCH3 is 1. The molecule has 3 aromatic rings. The Hall–Kier alpha value is -4.09. The molecular weight excluding hydrogens is 454 g/mol. The molecule has 2 aromatic carbocycles. The minimum absolute atomic E-state index is 0.0649. The average molecular weight is 484 g/mol. The van der Waals surface area contributed by atoms with E-state index in [-0.39, 0.29) is 12.1 Å². The van der Waals surface area contributed by atoms with Crippen molar-refractivity contribution in [1.29, 1.82) is 5.26 Å². The molecule has 8 heteroatoms. The van der Waals surface area contributed by atoms with Crippen molar-refractivity contribution in [3.63, 3.8) is 0 Å². The van der Waals surface area contributed by atoms with E-state index in [1.54, 1.807) is 7.11 Å². The van der Waals surface area contributed by atoms with Gasteiger partial charge in [0.2, 0.25) is 0 Å². The van der Waals surface area contributed by atoms with E-state index < -0.39 is 0 Å². The predicted molar refractivity (Wildman–Crippen MR) is 138 cm³/mol. The van der Waals surface area contributed by atoms with Crippen molar-refractivity contribution in [3.05, 3.63) is 71.3 Å². The molecule has 0 bridgehead atoms. The van der Waals surface area contributed by atoms with Gasteiger partial charge in [0.05, 0.1) is 31.6 Å². The van der Waals surface area contributed by atoms with E-state index in [0.717, 1.165) is 28.1 Å². The first-order valence-corrected chi connectivity index (χ1v) is 12.1. The third kappa shape index (κ3) is 4.58. The van der Waals surface area contributed by atoms with E-state index in [1.165, 1.54) is 0 Å². The highest BCUT2D eigenvalue weighted by Gasteiger charge is 2.32. The zero-order chi connectivity index (χ0) is 25.1. The Morgan fingerprint density at radius 2 is 1.92 bits per heavy atom. The SMILES string of the molecule is COc1ccc(NC(=O)N2CCN(c3nc(-c4ccccc4)c4c(c3C#N)CCOC4)C[C@H]2C)cc1. The molecule has 5 rings (SSSR count). The van der Waals surface area contributed by atoms with Crippen LogP contribution < -0.4 is 15.0 Å². The van der Waals surface area contributed by atoms with Crippen LogP contribution in [0.25, 0.3) is 11.3 Å². The Bertz CT molecular complexity index is 1290. The van der Waals surface area contributed by atoms with Gasteiger partial charge >= 0.3 is 6.03 Å². The van der Waals surface area contributed by atoms with Gasteiger partial charge in [0.15, 0.2) is 0 Å². The number of nitrogens with zero attached hydrogens (tertiary/aromatic N) is 4. The molecular formula is C28H29N5O3. The highest BCUT2D eigenvalue weighted by Crippen LogP contribution is 2.35. The summed E-state index contributed by atoms with van der Waals surface area (Å²) in [5.74, 6) is 1.43. The smallest absolute Gasteiger partial charge is 0.322 e. The molecule has 0 radical (unpaired) electrons. The maximum atomic E-state index is 13.0. The van der Waals surface area contributed by atoms with Gasteiger partial charge in [-0.15, -0.1) is 0 Å².